The number of aromatic nitrogens is 1. The fraction of sp³-hybridized carbons (Fsp3) is 0.263. The standard InChI is InChI=1S/C19H20N2/c1-13-3-5-17-16(9-13)11-21(2)12-18(17)14-4-6-19-15(10-14)7-8-20-19/h3-10,18,20H,11-12H2,1-2H3/t18-/m1/s1. The largest absolute Gasteiger partial charge is 0.361 e. The van der Waals surface area contributed by atoms with E-state index < -0.39 is 0 Å². The van der Waals surface area contributed by atoms with Crippen LogP contribution in [-0.2, 0) is 6.54 Å². The van der Waals surface area contributed by atoms with Gasteiger partial charge in [-0.2, -0.15) is 0 Å². The molecule has 0 fully saturated rings. The van der Waals surface area contributed by atoms with Crippen molar-refractivity contribution in [3.8, 4) is 0 Å². The van der Waals surface area contributed by atoms with Crippen LogP contribution in [0.3, 0.4) is 0 Å². The lowest BCUT2D eigenvalue weighted by atomic mass is 9.84. The Hall–Kier alpha value is -2.06. The predicted octanol–water partition coefficient (Wildman–Crippen LogP) is 4.05. The minimum absolute atomic E-state index is 0.471. The van der Waals surface area contributed by atoms with Gasteiger partial charge in [-0.05, 0) is 54.2 Å². The van der Waals surface area contributed by atoms with Gasteiger partial charge in [-0.25, -0.2) is 0 Å². The number of nitrogens with one attached hydrogen (secondary N) is 1. The summed E-state index contributed by atoms with van der Waals surface area (Å²) in [5.74, 6) is 0.471. The highest BCUT2D eigenvalue weighted by Crippen LogP contribution is 2.34. The average molecular weight is 276 g/mol. The number of aryl methyl sites for hydroxylation is 1. The average Bonchev–Trinajstić information content (AvgIpc) is 2.93. The summed E-state index contributed by atoms with van der Waals surface area (Å²) in [4.78, 5) is 5.70. The van der Waals surface area contributed by atoms with E-state index in [1.807, 2.05) is 6.20 Å². The minimum atomic E-state index is 0.471. The van der Waals surface area contributed by atoms with E-state index in [9.17, 15) is 0 Å². The van der Waals surface area contributed by atoms with Crippen molar-refractivity contribution in [2.75, 3.05) is 13.6 Å². The number of likely N-dealkylation sites (N-methyl/N-ethyl adjacent to an activating group) is 1. The molecular weight excluding hydrogens is 256 g/mol. The van der Waals surface area contributed by atoms with Crippen molar-refractivity contribution in [1.29, 1.82) is 0 Å². The van der Waals surface area contributed by atoms with Gasteiger partial charge in [0.05, 0.1) is 0 Å². The summed E-state index contributed by atoms with van der Waals surface area (Å²) >= 11 is 0. The molecule has 0 unspecified atom stereocenters. The van der Waals surface area contributed by atoms with Gasteiger partial charge in [-0.1, -0.05) is 29.8 Å². The van der Waals surface area contributed by atoms with Gasteiger partial charge in [0.2, 0.25) is 0 Å². The highest BCUT2D eigenvalue weighted by atomic mass is 15.1. The van der Waals surface area contributed by atoms with E-state index in [4.69, 9.17) is 0 Å². The van der Waals surface area contributed by atoms with Crippen molar-refractivity contribution in [1.82, 2.24) is 9.88 Å². The molecule has 0 aliphatic carbocycles. The molecule has 0 spiro atoms. The highest BCUT2D eigenvalue weighted by Gasteiger charge is 2.24. The zero-order chi connectivity index (χ0) is 14.4. The number of hydrogen-bond acceptors (Lipinski definition) is 1. The number of nitrogens with zero attached hydrogens (tertiary/aromatic N) is 1. The van der Waals surface area contributed by atoms with E-state index in [0.29, 0.717) is 5.92 Å². The maximum absolute atomic E-state index is 3.27. The van der Waals surface area contributed by atoms with Crippen molar-refractivity contribution >= 4 is 10.9 Å². The Morgan fingerprint density at radius 2 is 2.00 bits per heavy atom. The molecule has 1 atom stereocenters. The number of benzene rings is 2. The Morgan fingerprint density at radius 1 is 1.10 bits per heavy atom. The molecule has 3 aromatic rings. The van der Waals surface area contributed by atoms with Gasteiger partial charge in [0.25, 0.3) is 0 Å². The third kappa shape index (κ3) is 2.16. The van der Waals surface area contributed by atoms with Crippen molar-refractivity contribution in [3.05, 3.63) is 70.9 Å². The molecule has 106 valence electrons. The molecule has 0 saturated carbocycles. The maximum Gasteiger partial charge on any atom is 0.0454 e. The van der Waals surface area contributed by atoms with E-state index >= 15 is 0 Å². The zero-order valence-corrected chi connectivity index (χ0v) is 12.6. The molecule has 4 rings (SSSR count). The van der Waals surface area contributed by atoms with Crippen LogP contribution in [0.1, 0.15) is 28.2 Å². The lowest BCUT2D eigenvalue weighted by molar-refractivity contribution is 0.295. The molecule has 2 heteroatoms. The lowest BCUT2D eigenvalue weighted by Crippen LogP contribution is -2.31. The quantitative estimate of drug-likeness (QED) is 0.710. The Labute approximate surface area is 125 Å². The van der Waals surface area contributed by atoms with Gasteiger partial charge in [0.1, 0.15) is 0 Å². The zero-order valence-electron chi connectivity index (χ0n) is 12.6. The summed E-state index contributed by atoms with van der Waals surface area (Å²) in [7, 11) is 2.22. The van der Waals surface area contributed by atoms with Crippen molar-refractivity contribution in [3.63, 3.8) is 0 Å². The van der Waals surface area contributed by atoms with Crippen molar-refractivity contribution < 1.29 is 0 Å². The SMILES string of the molecule is Cc1ccc2c(c1)CN(C)C[C@@H]2c1ccc2[nH]ccc2c1. The van der Waals surface area contributed by atoms with Crippen LogP contribution in [0.4, 0.5) is 0 Å². The number of H-pyrrole nitrogens is 1. The second-order valence-electron chi connectivity index (χ2n) is 6.28. The van der Waals surface area contributed by atoms with Gasteiger partial charge in [-0.15, -0.1) is 0 Å². The Morgan fingerprint density at radius 3 is 2.90 bits per heavy atom. The molecule has 2 heterocycles. The van der Waals surface area contributed by atoms with E-state index in [1.54, 1.807) is 0 Å². The van der Waals surface area contributed by atoms with Gasteiger partial charge in [0, 0.05) is 30.7 Å². The monoisotopic (exact) mass is 276 g/mol. The Bertz CT molecular complexity index is 800. The van der Waals surface area contributed by atoms with Crippen LogP contribution in [0, 0.1) is 6.92 Å². The Kier molecular flexibility index (Phi) is 2.86. The van der Waals surface area contributed by atoms with Crippen LogP contribution in [0.2, 0.25) is 0 Å². The van der Waals surface area contributed by atoms with E-state index in [2.05, 4.69) is 66.3 Å². The molecule has 0 bridgehead atoms. The van der Waals surface area contributed by atoms with Crippen LogP contribution in [0.15, 0.2) is 48.7 Å². The molecule has 1 aliphatic heterocycles. The number of fused-ring (bicyclic) bond motifs is 2. The summed E-state index contributed by atoms with van der Waals surface area (Å²) < 4.78 is 0. The minimum Gasteiger partial charge on any atom is -0.361 e. The Balaban J connectivity index is 1.84. The first-order valence-electron chi connectivity index (χ1n) is 7.56. The lowest BCUT2D eigenvalue weighted by Gasteiger charge is -2.33. The van der Waals surface area contributed by atoms with Gasteiger partial charge < -0.3 is 9.88 Å². The predicted molar refractivity (Wildman–Crippen MR) is 87.7 cm³/mol. The second kappa shape index (κ2) is 4.74. The molecule has 2 aromatic carbocycles. The number of aromatic amines is 1. The van der Waals surface area contributed by atoms with Crippen molar-refractivity contribution in [2.24, 2.45) is 0 Å². The fourth-order valence-corrected chi connectivity index (χ4v) is 3.55. The summed E-state index contributed by atoms with van der Waals surface area (Å²) in [6.45, 7) is 4.32. The van der Waals surface area contributed by atoms with Crippen LogP contribution < -0.4 is 0 Å². The highest BCUT2D eigenvalue weighted by molar-refractivity contribution is 5.80. The molecule has 0 amide bonds. The van der Waals surface area contributed by atoms with Gasteiger partial charge in [-0.3, -0.25) is 0 Å². The third-order valence-electron chi connectivity index (χ3n) is 4.59. The van der Waals surface area contributed by atoms with Crippen LogP contribution in [0.5, 0.6) is 0 Å². The molecule has 1 aromatic heterocycles. The molecule has 2 nitrogen and oxygen atoms in total. The first-order chi connectivity index (χ1) is 10.2. The van der Waals surface area contributed by atoms with E-state index in [0.717, 1.165) is 13.1 Å². The fourth-order valence-electron chi connectivity index (χ4n) is 3.55. The van der Waals surface area contributed by atoms with Crippen LogP contribution in [-0.4, -0.2) is 23.5 Å². The summed E-state index contributed by atoms with van der Waals surface area (Å²) in [5.41, 5.74) is 6.95. The first kappa shape index (κ1) is 12.7. The topological polar surface area (TPSA) is 19.0 Å². The van der Waals surface area contributed by atoms with E-state index in [-0.39, 0.29) is 0 Å². The summed E-state index contributed by atoms with van der Waals surface area (Å²) in [6, 6.07) is 15.9. The van der Waals surface area contributed by atoms with Crippen molar-refractivity contribution in [2.45, 2.75) is 19.4 Å². The smallest absolute Gasteiger partial charge is 0.0454 e. The molecule has 0 radical (unpaired) electrons. The number of rotatable bonds is 1. The summed E-state index contributed by atoms with van der Waals surface area (Å²) in [5, 5.41) is 1.30. The molecule has 21 heavy (non-hydrogen) atoms. The first-order valence-corrected chi connectivity index (χ1v) is 7.56. The van der Waals surface area contributed by atoms with Crippen LogP contribution >= 0.6 is 0 Å². The maximum atomic E-state index is 3.27. The third-order valence-corrected chi connectivity index (χ3v) is 4.59. The van der Waals surface area contributed by atoms with E-state index in [1.165, 1.54) is 33.2 Å². The molecular formula is C19H20N2. The van der Waals surface area contributed by atoms with Crippen LogP contribution in [0.25, 0.3) is 10.9 Å². The number of hydrogen-bond donors (Lipinski definition) is 1. The molecule has 0 saturated heterocycles. The molecule has 1 aliphatic rings. The van der Waals surface area contributed by atoms with Gasteiger partial charge >= 0.3 is 0 Å². The normalized spacial score (nSPS) is 18.9. The van der Waals surface area contributed by atoms with Gasteiger partial charge in [0.15, 0.2) is 0 Å². The molecule has 1 N–H and O–H groups in total. The second-order valence-corrected chi connectivity index (χ2v) is 6.28. The summed E-state index contributed by atoms with van der Waals surface area (Å²) in [6.07, 6.45) is 2.01.